The van der Waals surface area contributed by atoms with Crippen molar-refractivity contribution in [3.63, 3.8) is 0 Å². The van der Waals surface area contributed by atoms with Crippen LogP contribution in [0.1, 0.15) is 24.8 Å². The molecule has 19 heavy (non-hydrogen) atoms. The number of aliphatic hydroxyl groups is 1. The number of fused-ring (bicyclic) bond motifs is 1. The zero-order valence-electron chi connectivity index (χ0n) is 11.2. The Kier molecular flexibility index (Phi) is 4.10. The standard InChI is InChI=1S/C15H21BrN2O/c16-15-9-13(5-4-12(15)11-19)18-8-7-17-6-2-1-3-14(17)10-18/h4-5,9,14,19H,1-3,6-8,10-11H2. The lowest BCUT2D eigenvalue weighted by Gasteiger charge is -2.45. The molecule has 0 spiro atoms. The zero-order chi connectivity index (χ0) is 13.2. The van der Waals surface area contributed by atoms with Crippen LogP contribution in [0.3, 0.4) is 0 Å². The van der Waals surface area contributed by atoms with Crippen LogP contribution in [0.25, 0.3) is 0 Å². The Morgan fingerprint density at radius 1 is 1.21 bits per heavy atom. The van der Waals surface area contributed by atoms with Crippen molar-refractivity contribution >= 4 is 21.6 Å². The van der Waals surface area contributed by atoms with Crippen LogP contribution < -0.4 is 4.90 Å². The van der Waals surface area contributed by atoms with Crippen molar-refractivity contribution < 1.29 is 5.11 Å². The van der Waals surface area contributed by atoms with Crippen molar-refractivity contribution in [1.29, 1.82) is 0 Å². The highest BCUT2D eigenvalue weighted by molar-refractivity contribution is 9.10. The van der Waals surface area contributed by atoms with Crippen molar-refractivity contribution in [2.45, 2.75) is 31.9 Å². The van der Waals surface area contributed by atoms with Gasteiger partial charge in [0.25, 0.3) is 0 Å². The fourth-order valence-electron chi connectivity index (χ4n) is 3.25. The summed E-state index contributed by atoms with van der Waals surface area (Å²) in [4.78, 5) is 5.13. The van der Waals surface area contributed by atoms with Crippen LogP contribution in [0.15, 0.2) is 22.7 Å². The van der Waals surface area contributed by atoms with Gasteiger partial charge in [-0.1, -0.05) is 28.4 Å². The number of benzene rings is 1. The van der Waals surface area contributed by atoms with Crippen molar-refractivity contribution in [1.82, 2.24) is 4.90 Å². The molecular formula is C15H21BrN2O. The lowest BCUT2D eigenvalue weighted by molar-refractivity contribution is 0.133. The lowest BCUT2D eigenvalue weighted by Crippen LogP contribution is -2.54. The molecule has 2 aliphatic heterocycles. The first-order valence-corrected chi connectivity index (χ1v) is 7.95. The molecular weight excluding hydrogens is 304 g/mol. The van der Waals surface area contributed by atoms with E-state index in [9.17, 15) is 5.11 Å². The minimum absolute atomic E-state index is 0.0945. The van der Waals surface area contributed by atoms with Gasteiger partial charge in [0, 0.05) is 35.8 Å². The smallest absolute Gasteiger partial charge is 0.0692 e. The normalized spacial score (nSPS) is 24.3. The number of piperidine rings is 1. The Hall–Kier alpha value is -0.580. The van der Waals surface area contributed by atoms with Crippen LogP contribution in [-0.2, 0) is 6.61 Å². The van der Waals surface area contributed by atoms with E-state index in [1.165, 1.54) is 38.0 Å². The Balaban J connectivity index is 1.74. The molecule has 1 aromatic carbocycles. The number of halogens is 1. The summed E-state index contributed by atoms with van der Waals surface area (Å²) in [7, 11) is 0. The monoisotopic (exact) mass is 324 g/mol. The van der Waals surface area contributed by atoms with Crippen LogP contribution in [0.4, 0.5) is 5.69 Å². The molecule has 2 fully saturated rings. The van der Waals surface area contributed by atoms with Gasteiger partial charge in [-0.2, -0.15) is 0 Å². The summed E-state index contributed by atoms with van der Waals surface area (Å²) in [6, 6.07) is 7.03. The Morgan fingerprint density at radius 2 is 2.11 bits per heavy atom. The summed E-state index contributed by atoms with van der Waals surface area (Å²) < 4.78 is 1.01. The predicted molar refractivity (Wildman–Crippen MR) is 81.5 cm³/mol. The van der Waals surface area contributed by atoms with Crippen LogP contribution in [0.2, 0.25) is 0 Å². The van der Waals surface area contributed by atoms with Gasteiger partial charge in [0.15, 0.2) is 0 Å². The molecule has 2 saturated heterocycles. The first-order valence-electron chi connectivity index (χ1n) is 7.16. The second-order valence-corrected chi connectivity index (χ2v) is 6.42. The van der Waals surface area contributed by atoms with Gasteiger partial charge in [-0.25, -0.2) is 0 Å². The average Bonchev–Trinajstić information content (AvgIpc) is 2.46. The fourth-order valence-corrected chi connectivity index (χ4v) is 3.74. The van der Waals surface area contributed by atoms with Gasteiger partial charge in [0.1, 0.15) is 0 Å². The number of aliphatic hydroxyl groups excluding tert-OH is 1. The molecule has 0 aliphatic carbocycles. The van der Waals surface area contributed by atoms with Crippen molar-refractivity contribution in [2.75, 3.05) is 31.1 Å². The minimum Gasteiger partial charge on any atom is -0.392 e. The van der Waals surface area contributed by atoms with Gasteiger partial charge in [-0.15, -0.1) is 0 Å². The topological polar surface area (TPSA) is 26.7 Å². The first-order chi connectivity index (χ1) is 9.28. The second-order valence-electron chi connectivity index (χ2n) is 5.57. The van der Waals surface area contributed by atoms with Gasteiger partial charge in [0.05, 0.1) is 6.61 Å². The van der Waals surface area contributed by atoms with Gasteiger partial charge in [-0.05, 0) is 37.1 Å². The molecule has 0 aromatic heterocycles. The number of hydrogen-bond donors (Lipinski definition) is 1. The quantitative estimate of drug-likeness (QED) is 0.905. The van der Waals surface area contributed by atoms with E-state index in [1.807, 2.05) is 6.07 Å². The maximum Gasteiger partial charge on any atom is 0.0692 e. The maximum atomic E-state index is 9.22. The molecule has 2 heterocycles. The second kappa shape index (κ2) is 5.81. The maximum absolute atomic E-state index is 9.22. The van der Waals surface area contributed by atoms with Crippen LogP contribution in [0.5, 0.6) is 0 Å². The van der Waals surface area contributed by atoms with Crippen molar-refractivity contribution in [3.8, 4) is 0 Å². The molecule has 0 bridgehead atoms. The summed E-state index contributed by atoms with van der Waals surface area (Å²) in [6.07, 6.45) is 4.09. The highest BCUT2D eigenvalue weighted by Crippen LogP contribution is 2.28. The fraction of sp³-hybridized carbons (Fsp3) is 0.600. The van der Waals surface area contributed by atoms with E-state index in [0.717, 1.165) is 29.2 Å². The Labute approximate surface area is 123 Å². The molecule has 1 unspecified atom stereocenters. The number of anilines is 1. The SMILES string of the molecule is OCc1ccc(N2CCN3CCCCC3C2)cc1Br. The molecule has 0 saturated carbocycles. The summed E-state index contributed by atoms with van der Waals surface area (Å²) >= 11 is 3.55. The Morgan fingerprint density at radius 3 is 2.89 bits per heavy atom. The number of nitrogens with zero attached hydrogens (tertiary/aromatic N) is 2. The minimum atomic E-state index is 0.0945. The summed E-state index contributed by atoms with van der Waals surface area (Å²) in [5.74, 6) is 0. The Bertz CT molecular complexity index is 452. The third kappa shape index (κ3) is 2.81. The molecule has 3 rings (SSSR count). The van der Waals surface area contributed by atoms with E-state index in [1.54, 1.807) is 0 Å². The highest BCUT2D eigenvalue weighted by Gasteiger charge is 2.28. The highest BCUT2D eigenvalue weighted by atomic mass is 79.9. The third-order valence-electron chi connectivity index (χ3n) is 4.41. The van der Waals surface area contributed by atoms with E-state index in [-0.39, 0.29) is 6.61 Å². The molecule has 4 heteroatoms. The molecule has 0 radical (unpaired) electrons. The van der Waals surface area contributed by atoms with E-state index in [0.29, 0.717) is 0 Å². The molecule has 0 amide bonds. The molecule has 104 valence electrons. The van der Waals surface area contributed by atoms with E-state index in [4.69, 9.17) is 0 Å². The predicted octanol–water partition coefficient (Wildman–Crippen LogP) is 2.62. The van der Waals surface area contributed by atoms with Crippen LogP contribution in [-0.4, -0.2) is 42.2 Å². The molecule has 1 N–H and O–H groups in total. The summed E-state index contributed by atoms with van der Waals surface area (Å²) in [5.41, 5.74) is 2.23. The first kappa shape index (κ1) is 13.4. The number of hydrogen-bond acceptors (Lipinski definition) is 3. The van der Waals surface area contributed by atoms with Gasteiger partial charge >= 0.3 is 0 Å². The third-order valence-corrected chi connectivity index (χ3v) is 5.15. The molecule has 1 atom stereocenters. The van der Waals surface area contributed by atoms with E-state index in [2.05, 4.69) is 37.9 Å². The zero-order valence-corrected chi connectivity index (χ0v) is 12.8. The number of piperazine rings is 1. The lowest BCUT2D eigenvalue weighted by atomic mass is 9.99. The van der Waals surface area contributed by atoms with E-state index >= 15 is 0 Å². The van der Waals surface area contributed by atoms with Crippen LogP contribution in [0, 0.1) is 0 Å². The van der Waals surface area contributed by atoms with Crippen LogP contribution >= 0.6 is 15.9 Å². The van der Waals surface area contributed by atoms with Crippen molar-refractivity contribution in [2.24, 2.45) is 0 Å². The molecule has 1 aromatic rings. The van der Waals surface area contributed by atoms with Crippen molar-refractivity contribution in [3.05, 3.63) is 28.2 Å². The van der Waals surface area contributed by atoms with Gasteiger partial charge in [0.2, 0.25) is 0 Å². The summed E-state index contributed by atoms with van der Waals surface area (Å²) in [5, 5.41) is 9.22. The van der Waals surface area contributed by atoms with Gasteiger partial charge in [-0.3, -0.25) is 4.90 Å². The molecule has 2 aliphatic rings. The van der Waals surface area contributed by atoms with Gasteiger partial charge < -0.3 is 10.0 Å². The average molecular weight is 325 g/mol. The summed E-state index contributed by atoms with van der Waals surface area (Å²) in [6.45, 7) is 4.82. The largest absolute Gasteiger partial charge is 0.392 e. The number of rotatable bonds is 2. The van der Waals surface area contributed by atoms with E-state index < -0.39 is 0 Å². The molecule has 3 nitrogen and oxygen atoms in total.